The summed E-state index contributed by atoms with van der Waals surface area (Å²) in [5.74, 6) is 0.390. The third kappa shape index (κ3) is 5.34. The van der Waals surface area contributed by atoms with Gasteiger partial charge >= 0.3 is 0 Å². The van der Waals surface area contributed by atoms with Crippen LogP contribution in [0.15, 0.2) is 12.1 Å². The fourth-order valence-electron chi connectivity index (χ4n) is 2.01. The molecule has 0 unspecified atom stereocenters. The molecule has 2 N–H and O–H groups in total. The Labute approximate surface area is 128 Å². The molecule has 0 aliphatic carbocycles. The third-order valence-electron chi connectivity index (χ3n) is 3.31. The van der Waals surface area contributed by atoms with Gasteiger partial charge in [0.25, 0.3) is 5.91 Å². The Balaban J connectivity index is 2.84. The minimum atomic E-state index is -0.131. The van der Waals surface area contributed by atoms with E-state index in [1.54, 1.807) is 11.0 Å². The molecule has 0 saturated carbocycles. The zero-order valence-corrected chi connectivity index (χ0v) is 14.1. The van der Waals surface area contributed by atoms with Crippen LogP contribution < -0.4 is 5.73 Å². The molecule has 0 saturated heterocycles. The van der Waals surface area contributed by atoms with Gasteiger partial charge < -0.3 is 15.5 Å². The highest BCUT2D eigenvalue weighted by Crippen LogP contribution is 2.23. The first-order chi connectivity index (χ1) is 9.61. The fourth-order valence-corrected chi connectivity index (χ4v) is 2.01. The molecule has 5 nitrogen and oxygen atoms in total. The number of anilines is 1. The molecule has 1 aromatic rings. The van der Waals surface area contributed by atoms with Gasteiger partial charge in [-0.2, -0.15) is 0 Å². The SMILES string of the molecule is CN(C)CCCN(C)C(=O)c1cc(N)nc(C(C)(C)C)c1. The lowest BCUT2D eigenvalue weighted by molar-refractivity contribution is 0.0790. The van der Waals surface area contributed by atoms with Gasteiger partial charge in [-0.25, -0.2) is 4.98 Å². The van der Waals surface area contributed by atoms with Gasteiger partial charge in [0, 0.05) is 30.3 Å². The summed E-state index contributed by atoms with van der Waals surface area (Å²) in [4.78, 5) is 20.7. The maximum Gasteiger partial charge on any atom is 0.253 e. The normalized spacial score (nSPS) is 11.8. The highest BCUT2D eigenvalue weighted by molar-refractivity contribution is 5.94. The highest BCUT2D eigenvalue weighted by atomic mass is 16.2. The number of hydrogen-bond acceptors (Lipinski definition) is 4. The van der Waals surface area contributed by atoms with Gasteiger partial charge in [0.15, 0.2) is 0 Å². The summed E-state index contributed by atoms with van der Waals surface area (Å²) >= 11 is 0. The number of amides is 1. The van der Waals surface area contributed by atoms with Crippen LogP contribution in [0.2, 0.25) is 0 Å². The van der Waals surface area contributed by atoms with Crippen molar-refractivity contribution in [1.82, 2.24) is 14.8 Å². The van der Waals surface area contributed by atoms with Crippen LogP contribution in [0.3, 0.4) is 0 Å². The van der Waals surface area contributed by atoms with Crippen molar-refractivity contribution in [2.75, 3.05) is 40.0 Å². The maximum atomic E-state index is 12.5. The summed E-state index contributed by atoms with van der Waals surface area (Å²) in [6.07, 6.45) is 0.946. The predicted octanol–water partition coefficient (Wildman–Crippen LogP) is 1.98. The first-order valence-corrected chi connectivity index (χ1v) is 7.29. The predicted molar refractivity (Wildman–Crippen MR) is 87.5 cm³/mol. The smallest absolute Gasteiger partial charge is 0.253 e. The molecule has 0 fully saturated rings. The Kier molecular flexibility index (Phi) is 5.72. The van der Waals surface area contributed by atoms with Gasteiger partial charge in [-0.05, 0) is 39.2 Å². The van der Waals surface area contributed by atoms with E-state index in [9.17, 15) is 4.79 Å². The second kappa shape index (κ2) is 6.89. The van der Waals surface area contributed by atoms with Crippen LogP contribution >= 0.6 is 0 Å². The molecular weight excluding hydrogens is 264 g/mol. The monoisotopic (exact) mass is 292 g/mol. The number of rotatable bonds is 5. The molecular formula is C16H28N4O. The molecule has 1 heterocycles. The van der Waals surface area contributed by atoms with E-state index < -0.39 is 0 Å². The van der Waals surface area contributed by atoms with Crippen molar-refractivity contribution in [2.24, 2.45) is 0 Å². The second-order valence-corrected chi connectivity index (χ2v) is 6.80. The van der Waals surface area contributed by atoms with Crippen LogP contribution in [-0.2, 0) is 5.41 Å². The second-order valence-electron chi connectivity index (χ2n) is 6.80. The maximum absolute atomic E-state index is 12.5. The fraction of sp³-hybridized carbons (Fsp3) is 0.625. The van der Waals surface area contributed by atoms with E-state index in [-0.39, 0.29) is 11.3 Å². The van der Waals surface area contributed by atoms with Crippen molar-refractivity contribution in [3.63, 3.8) is 0 Å². The molecule has 0 radical (unpaired) electrons. The molecule has 21 heavy (non-hydrogen) atoms. The van der Waals surface area contributed by atoms with Gasteiger partial charge in [0.2, 0.25) is 0 Å². The van der Waals surface area contributed by atoms with Gasteiger partial charge in [-0.15, -0.1) is 0 Å². The minimum absolute atomic E-state index is 0.00615. The molecule has 0 aromatic carbocycles. The average Bonchev–Trinajstić information content (AvgIpc) is 2.35. The van der Waals surface area contributed by atoms with E-state index in [2.05, 4.69) is 30.7 Å². The number of carbonyl (C=O) groups excluding carboxylic acids is 1. The zero-order chi connectivity index (χ0) is 16.2. The number of aromatic nitrogens is 1. The summed E-state index contributed by atoms with van der Waals surface area (Å²) < 4.78 is 0. The van der Waals surface area contributed by atoms with Crippen LogP contribution in [0, 0.1) is 0 Å². The van der Waals surface area contributed by atoms with Gasteiger partial charge in [0.05, 0.1) is 0 Å². The molecule has 0 atom stereocenters. The molecule has 0 aliphatic rings. The Morgan fingerprint density at radius 1 is 1.19 bits per heavy atom. The van der Waals surface area contributed by atoms with Crippen LogP contribution in [0.4, 0.5) is 5.82 Å². The Morgan fingerprint density at radius 2 is 1.81 bits per heavy atom. The Bertz CT molecular complexity index is 492. The van der Waals surface area contributed by atoms with Crippen molar-refractivity contribution < 1.29 is 4.79 Å². The Morgan fingerprint density at radius 3 is 2.33 bits per heavy atom. The summed E-state index contributed by atoms with van der Waals surface area (Å²) in [6, 6.07) is 3.50. The van der Waals surface area contributed by atoms with Crippen LogP contribution in [0.25, 0.3) is 0 Å². The molecule has 5 heteroatoms. The van der Waals surface area contributed by atoms with E-state index in [1.807, 2.05) is 27.2 Å². The summed E-state index contributed by atoms with van der Waals surface area (Å²) in [7, 11) is 5.88. The topological polar surface area (TPSA) is 62.5 Å². The van der Waals surface area contributed by atoms with Crippen molar-refractivity contribution in [3.8, 4) is 0 Å². The standard InChI is InChI=1S/C16H28N4O/c1-16(2,3)13-10-12(11-14(17)18-13)15(21)20(6)9-7-8-19(4)5/h10-11H,7-9H2,1-6H3,(H2,17,18). The molecule has 1 rings (SSSR count). The molecule has 0 spiro atoms. The van der Waals surface area contributed by atoms with Gasteiger partial charge in [-0.1, -0.05) is 20.8 Å². The van der Waals surface area contributed by atoms with Crippen molar-refractivity contribution >= 4 is 11.7 Å². The lowest BCUT2D eigenvalue weighted by Gasteiger charge is -2.22. The molecule has 0 aliphatic heterocycles. The summed E-state index contributed by atoms with van der Waals surface area (Å²) in [6.45, 7) is 7.87. The van der Waals surface area contributed by atoms with Gasteiger partial charge in [0.1, 0.15) is 5.82 Å². The first-order valence-electron chi connectivity index (χ1n) is 7.29. The average molecular weight is 292 g/mol. The molecule has 1 amide bonds. The molecule has 1 aromatic heterocycles. The lowest BCUT2D eigenvalue weighted by atomic mass is 9.90. The van der Waals surface area contributed by atoms with E-state index in [1.165, 1.54) is 0 Å². The van der Waals surface area contributed by atoms with Crippen molar-refractivity contribution in [2.45, 2.75) is 32.6 Å². The highest BCUT2D eigenvalue weighted by Gasteiger charge is 2.20. The van der Waals surface area contributed by atoms with E-state index in [0.29, 0.717) is 11.4 Å². The Hall–Kier alpha value is -1.62. The summed E-state index contributed by atoms with van der Waals surface area (Å²) in [5.41, 5.74) is 7.17. The first kappa shape index (κ1) is 17.4. The van der Waals surface area contributed by atoms with Crippen molar-refractivity contribution in [3.05, 3.63) is 23.4 Å². The summed E-state index contributed by atoms with van der Waals surface area (Å²) in [5, 5.41) is 0. The number of carbonyl (C=O) groups is 1. The van der Waals surface area contributed by atoms with E-state index >= 15 is 0 Å². The van der Waals surface area contributed by atoms with Gasteiger partial charge in [-0.3, -0.25) is 4.79 Å². The van der Waals surface area contributed by atoms with Crippen LogP contribution in [0.1, 0.15) is 43.2 Å². The van der Waals surface area contributed by atoms with E-state index in [4.69, 9.17) is 5.73 Å². The number of pyridine rings is 1. The van der Waals surface area contributed by atoms with Crippen LogP contribution in [0.5, 0.6) is 0 Å². The number of nitrogens with zero attached hydrogens (tertiary/aromatic N) is 3. The third-order valence-corrected chi connectivity index (χ3v) is 3.31. The van der Waals surface area contributed by atoms with E-state index in [0.717, 1.165) is 25.2 Å². The largest absolute Gasteiger partial charge is 0.384 e. The quantitative estimate of drug-likeness (QED) is 0.901. The number of nitrogens with two attached hydrogens (primary N) is 1. The minimum Gasteiger partial charge on any atom is -0.384 e. The van der Waals surface area contributed by atoms with Crippen molar-refractivity contribution in [1.29, 1.82) is 0 Å². The lowest BCUT2D eigenvalue weighted by Crippen LogP contribution is -2.30. The number of hydrogen-bond donors (Lipinski definition) is 1. The van der Waals surface area contributed by atoms with Crippen LogP contribution in [-0.4, -0.2) is 54.9 Å². The zero-order valence-electron chi connectivity index (χ0n) is 14.1. The molecule has 0 bridgehead atoms. The number of nitrogen functional groups attached to an aromatic ring is 1. The molecule has 118 valence electrons.